The van der Waals surface area contributed by atoms with Gasteiger partial charge in [0.1, 0.15) is 11.8 Å². The van der Waals surface area contributed by atoms with E-state index in [9.17, 15) is 22.8 Å². The minimum absolute atomic E-state index is 0.00302. The van der Waals surface area contributed by atoms with E-state index in [0.717, 1.165) is 6.07 Å². The summed E-state index contributed by atoms with van der Waals surface area (Å²) in [7, 11) is 0. The van der Waals surface area contributed by atoms with Crippen molar-refractivity contribution in [3.63, 3.8) is 0 Å². The number of hydrogen-bond acceptors (Lipinski definition) is 5. The molecule has 1 aliphatic rings. The van der Waals surface area contributed by atoms with Crippen LogP contribution < -0.4 is 10.2 Å². The lowest BCUT2D eigenvalue weighted by atomic mass is 10.0. The number of carbonyl (C=O) groups is 2. The van der Waals surface area contributed by atoms with E-state index in [1.807, 2.05) is 0 Å². The molecule has 1 aromatic rings. The molecule has 26 heavy (non-hydrogen) atoms. The van der Waals surface area contributed by atoms with Crippen LogP contribution in [0, 0.1) is 0 Å². The third kappa shape index (κ3) is 4.92. The molecule has 2 N–H and O–H groups in total. The highest BCUT2D eigenvalue weighted by Crippen LogP contribution is 2.42. The Morgan fingerprint density at radius 1 is 1.46 bits per heavy atom. The average Bonchev–Trinajstić information content (AvgIpc) is 2.53. The van der Waals surface area contributed by atoms with Crippen molar-refractivity contribution in [2.45, 2.75) is 29.3 Å². The van der Waals surface area contributed by atoms with E-state index >= 15 is 0 Å². The first-order valence-corrected chi connectivity index (χ1v) is 8.47. The van der Waals surface area contributed by atoms with Gasteiger partial charge in [-0.05, 0) is 42.8 Å². The highest BCUT2D eigenvalue weighted by atomic mass is 32.2. The molecule has 1 atom stereocenters. The number of nitrogens with one attached hydrogen (secondary N) is 1. The first-order chi connectivity index (χ1) is 12.3. The highest BCUT2D eigenvalue weighted by Gasteiger charge is 2.38. The number of carbonyl (C=O) groups excluding carboxylic acids is 2. The highest BCUT2D eigenvalue weighted by molar-refractivity contribution is 8.00. The molecule has 1 heterocycles. The van der Waals surface area contributed by atoms with Crippen LogP contribution in [0.15, 0.2) is 35.7 Å². The molecule has 0 aromatic heterocycles. The van der Waals surface area contributed by atoms with E-state index in [4.69, 9.17) is 9.94 Å². The zero-order chi connectivity index (χ0) is 19.3. The molecule has 0 bridgehead atoms. The van der Waals surface area contributed by atoms with Crippen LogP contribution in [0.5, 0.6) is 5.75 Å². The summed E-state index contributed by atoms with van der Waals surface area (Å²) in [5.41, 5.74) is -3.07. The molecule has 1 aliphatic heterocycles. The predicted octanol–water partition coefficient (Wildman–Crippen LogP) is 2.97. The minimum Gasteiger partial charge on any atom is -0.492 e. The Morgan fingerprint density at radius 3 is 2.73 bits per heavy atom. The Bertz CT molecular complexity index is 697. The molecule has 1 fully saturated rings. The van der Waals surface area contributed by atoms with E-state index in [2.05, 4.69) is 6.58 Å². The maximum absolute atomic E-state index is 12.8. The van der Waals surface area contributed by atoms with Gasteiger partial charge in [-0.3, -0.25) is 14.8 Å². The van der Waals surface area contributed by atoms with Crippen LogP contribution in [-0.2, 0) is 4.79 Å². The Labute approximate surface area is 151 Å². The zero-order valence-corrected chi connectivity index (χ0v) is 14.4. The van der Waals surface area contributed by atoms with Crippen LogP contribution in [0.3, 0.4) is 0 Å². The molecule has 10 heteroatoms. The zero-order valence-electron chi connectivity index (χ0n) is 13.6. The third-order valence-electron chi connectivity index (χ3n) is 3.69. The number of amides is 2. The van der Waals surface area contributed by atoms with Gasteiger partial charge in [-0.2, -0.15) is 13.2 Å². The number of likely N-dealkylation sites (tertiary alicyclic amines) is 1. The topological polar surface area (TPSA) is 78.9 Å². The molecule has 6 nitrogen and oxygen atoms in total. The Morgan fingerprint density at radius 2 is 2.19 bits per heavy atom. The van der Waals surface area contributed by atoms with Crippen LogP contribution in [0.25, 0.3) is 0 Å². The Kier molecular flexibility index (Phi) is 6.54. The van der Waals surface area contributed by atoms with Gasteiger partial charge in [-0.15, -0.1) is 6.58 Å². The van der Waals surface area contributed by atoms with E-state index in [-0.39, 0.29) is 41.1 Å². The van der Waals surface area contributed by atoms with Crippen LogP contribution >= 0.6 is 11.8 Å². The largest absolute Gasteiger partial charge is 0.492 e. The molecule has 1 aromatic carbocycles. The van der Waals surface area contributed by atoms with Crippen molar-refractivity contribution in [3.05, 3.63) is 36.4 Å². The number of benzene rings is 1. The summed E-state index contributed by atoms with van der Waals surface area (Å²) in [6.45, 7) is 3.94. The number of nitrogens with zero attached hydrogens (tertiary/aromatic N) is 1. The fourth-order valence-corrected chi connectivity index (χ4v) is 3.02. The number of halogens is 3. The van der Waals surface area contributed by atoms with Gasteiger partial charge >= 0.3 is 5.51 Å². The second kappa shape index (κ2) is 8.45. The summed E-state index contributed by atoms with van der Waals surface area (Å²) in [6.07, 6.45) is 2.40. The summed E-state index contributed by atoms with van der Waals surface area (Å²) in [5.74, 6) is -1.32. The molecular formula is C16H17F3N2O4S. The van der Waals surface area contributed by atoms with Crippen molar-refractivity contribution in [1.82, 2.24) is 10.4 Å². The minimum atomic E-state index is -4.55. The van der Waals surface area contributed by atoms with Crippen molar-refractivity contribution in [2.24, 2.45) is 0 Å². The van der Waals surface area contributed by atoms with Gasteiger partial charge in [0.05, 0.1) is 11.5 Å². The lowest BCUT2D eigenvalue weighted by molar-refractivity contribution is -0.137. The average molecular weight is 390 g/mol. The molecule has 0 radical (unpaired) electrons. The molecular weight excluding hydrogens is 373 g/mol. The van der Waals surface area contributed by atoms with Gasteiger partial charge < -0.3 is 9.64 Å². The van der Waals surface area contributed by atoms with E-state index in [0.29, 0.717) is 12.8 Å². The first kappa shape index (κ1) is 20.1. The summed E-state index contributed by atoms with van der Waals surface area (Å²) >= 11 is -0.375. The van der Waals surface area contributed by atoms with Gasteiger partial charge in [0.25, 0.3) is 11.8 Å². The van der Waals surface area contributed by atoms with Gasteiger partial charge in [-0.1, -0.05) is 6.08 Å². The molecule has 2 rings (SSSR count). The number of hydrogen-bond donors (Lipinski definition) is 2. The fourth-order valence-electron chi connectivity index (χ4n) is 2.36. The normalized spacial score (nSPS) is 16.6. The van der Waals surface area contributed by atoms with E-state index < -0.39 is 23.4 Å². The van der Waals surface area contributed by atoms with Crippen molar-refractivity contribution in [2.75, 3.05) is 13.2 Å². The number of rotatable bonds is 7. The van der Waals surface area contributed by atoms with Crippen molar-refractivity contribution in [3.8, 4) is 5.75 Å². The maximum atomic E-state index is 12.8. The van der Waals surface area contributed by atoms with Gasteiger partial charge in [0, 0.05) is 12.1 Å². The van der Waals surface area contributed by atoms with Crippen LogP contribution in [-0.4, -0.2) is 46.6 Å². The maximum Gasteiger partial charge on any atom is 0.446 e. The van der Waals surface area contributed by atoms with Crippen molar-refractivity contribution in [1.29, 1.82) is 0 Å². The molecule has 0 unspecified atom stereocenters. The van der Waals surface area contributed by atoms with Crippen LogP contribution in [0.4, 0.5) is 13.2 Å². The molecule has 0 aliphatic carbocycles. The summed E-state index contributed by atoms with van der Waals surface area (Å²) in [4.78, 5) is 24.9. The van der Waals surface area contributed by atoms with E-state index in [1.54, 1.807) is 6.08 Å². The molecule has 142 valence electrons. The molecule has 0 spiro atoms. The second-order valence-corrected chi connectivity index (χ2v) is 6.52. The summed E-state index contributed by atoms with van der Waals surface area (Å²) < 4.78 is 43.7. The number of ether oxygens (including phenoxy) is 1. The summed E-state index contributed by atoms with van der Waals surface area (Å²) in [5, 5.41) is 8.66. The quantitative estimate of drug-likeness (QED) is 0.246. The van der Waals surface area contributed by atoms with E-state index in [1.165, 1.54) is 22.5 Å². The first-order valence-electron chi connectivity index (χ1n) is 7.65. The number of hydroxylamine groups is 1. The predicted molar refractivity (Wildman–Crippen MR) is 88.0 cm³/mol. The van der Waals surface area contributed by atoms with Crippen LogP contribution in [0.1, 0.15) is 23.2 Å². The molecule has 2 amide bonds. The van der Waals surface area contributed by atoms with Gasteiger partial charge in [-0.25, -0.2) is 5.48 Å². The lowest BCUT2D eigenvalue weighted by Crippen LogP contribution is -2.57. The Balaban J connectivity index is 2.23. The fraction of sp³-hybridized carbons (Fsp3) is 0.375. The Hall–Kier alpha value is -2.20. The summed E-state index contributed by atoms with van der Waals surface area (Å²) in [6, 6.07) is 2.90. The lowest BCUT2D eigenvalue weighted by Gasteiger charge is -2.39. The van der Waals surface area contributed by atoms with Crippen molar-refractivity contribution < 1.29 is 32.7 Å². The van der Waals surface area contributed by atoms with Crippen molar-refractivity contribution >= 4 is 23.6 Å². The number of thioether (sulfide) groups is 1. The second-order valence-electron chi connectivity index (χ2n) is 5.41. The smallest absolute Gasteiger partial charge is 0.446 e. The SMILES string of the molecule is C=CCCOc1ccc(C(=O)N2CC[C@@H]2C(=O)NO)cc1SC(F)(F)F. The van der Waals surface area contributed by atoms with Gasteiger partial charge in [0.15, 0.2) is 0 Å². The van der Waals surface area contributed by atoms with Crippen LogP contribution in [0.2, 0.25) is 0 Å². The molecule has 1 saturated heterocycles. The standard InChI is InChI=1S/C16H17F3N2O4S/c1-2-3-8-25-12-5-4-10(9-13(12)26-16(17,18)19)15(23)21-7-6-11(21)14(22)20-24/h2,4-5,9,11,24H,1,3,6-8H2,(H,20,22)/t11-/m1/s1. The monoisotopic (exact) mass is 390 g/mol. The number of alkyl halides is 3. The molecule has 0 saturated carbocycles. The third-order valence-corrected chi connectivity index (χ3v) is 4.46. The van der Waals surface area contributed by atoms with Gasteiger partial charge in [0.2, 0.25) is 0 Å².